The van der Waals surface area contributed by atoms with E-state index in [1.54, 1.807) is 0 Å². The fraction of sp³-hybridized carbons (Fsp3) is 0.238. The van der Waals surface area contributed by atoms with Gasteiger partial charge in [-0.15, -0.1) is 0 Å². The molecule has 0 aliphatic carbocycles. The second kappa shape index (κ2) is 7.72. The molecule has 6 nitrogen and oxygen atoms in total. The number of benzene rings is 2. The molecule has 0 atom stereocenters. The van der Waals surface area contributed by atoms with Crippen molar-refractivity contribution in [2.24, 2.45) is 0 Å². The van der Waals surface area contributed by atoms with Gasteiger partial charge in [0.2, 0.25) is 0 Å². The molecule has 0 amide bonds. The van der Waals surface area contributed by atoms with E-state index in [4.69, 9.17) is 16.6 Å². The molecule has 4 rings (SSSR count). The van der Waals surface area contributed by atoms with Crippen molar-refractivity contribution in [2.75, 3.05) is 36.0 Å². The molecule has 28 heavy (non-hydrogen) atoms. The standard InChI is InChI=1S/C21H17ClN6/c22-16-5-1-4-8-19(16)27-9-11-28(12-10-27)21-20(15(13-23)14-24)25-17-6-2-3-7-18(17)26-21/h1-8,15H,9-12H2. The Balaban J connectivity index is 1.66. The molecule has 0 spiro atoms. The minimum Gasteiger partial charge on any atom is -0.367 e. The minimum absolute atomic E-state index is 0.426. The van der Waals surface area contributed by atoms with E-state index in [1.165, 1.54) is 0 Å². The van der Waals surface area contributed by atoms with E-state index < -0.39 is 5.92 Å². The normalized spacial score (nSPS) is 14.1. The highest BCUT2D eigenvalue weighted by Gasteiger charge is 2.26. The number of hydrogen-bond donors (Lipinski definition) is 0. The lowest BCUT2D eigenvalue weighted by molar-refractivity contribution is 0.644. The third-order valence-electron chi connectivity index (χ3n) is 4.88. The summed E-state index contributed by atoms with van der Waals surface area (Å²) in [5, 5.41) is 19.6. The van der Waals surface area contributed by atoms with Crippen LogP contribution in [0.5, 0.6) is 0 Å². The van der Waals surface area contributed by atoms with Crippen LogP contribution in [0.25, 0.3) is 11.0 Å². The summed E-state index contributed by atoms with van der Waals surface area (Å²) >= 11 is 6.33. The topological polar surface area (TPSA) is 79.8 Å². The number of anilines is 2. The van der Waals surface area contributed by atoms with Crippen LogP contribution in [0.2, 0.25) is 5.02 Å². The average molecular weight is 389 g/mol. The maximum atomic E-state index is 9.41. The second-order valence-electron chi connectivity index (χ2n) is 6.54. The summed E-state index contributed by atoms with van der Waals surface area (Å²) in [5.74, 6) is -0.334. The van der Waals surface area contributed by atoms with E-state index in [2.05, 4.69) is 14.8 Å². The Morgan fingerprint density at radius 3 is 2.04 bits per heavy atom. The lowest BCUT2D eigenvalue weighted by Gasteiger charge is -2.37. The quantitative estimate of drug-likeness (QED) is 0.680. The number of piperazine rings is 1. The summed E-state index contributed by atoms with van der Waals surface area (Å²) in [6.45, 7) is 2.94. The molecular formula is C21H17ClN6. The SMILES string of the molecule is N#CC(C#N)c1nc2ccccc2nc1N1CCN(c2ccccc2Cl)CC1. The summed E-state index contributed by atoms with van der Waals surface area (Å²) in [6.07, 6.45) is 0. The van der Waals surface area contributed by atoms with Crippen LogP contribution < -0.4 is 9.80 Å². The van der Waals surface area contributed by atoms with Crippen LogP contribution in [0.3, 0.4) is 0 Å². The molecular weight excluding hydrogens is 372 g/mol. The van der Waals surface area contributed by atoms with Gasteiger partial charge in [-0.05, 0) is 24.3 Å². The van der Waals surface area contributed by atoms with Gasteiger partial charge in [0.05, 0.1) is 33.9 Å². The zero-order valence-corrected chi connectivity index (χ0v) is 15.8. The van der Waals surface area contributed by atoms with Crippen LogP contribution in [-0.2, 0) is 0 Å². The number of rotatable bonds is 3. The van der Waals surface area contributed by atoms with E-state index in [1.807, 2.05) is 60.7 Å². The predicted octanol–water partition coefficient (Wildman–Crippen LogP) is 3.74. The molecule has 1 saturated heterocycles. The lowest BCUT2D eigenvalue weighted by atomic mass is 10.1. The van der Waals surface area contributed by atoms with Crippen molar-refractivity contribution in [3.63, 3.8) is 0 Å². The van der Waals surface area contributed by atoms with Crippen molar-refractivity contribution in [3.8, 4) is 12.1 Å². The summed E-state index contributed by atoms with van der Waals surface area (Å²) in [4.78, 5) is 13.7. The molecule has 1 aliphatic heterocycles. The highest BCUT2D eigenvalue weighted by molar-refractivity contribution is 6.33. The van der Waals surface area contributed by atoms with Crippen molar-refractivity contribution in [1.29, 1.82) is 10.5 Å². The highest BCUT2D eigenvalue weighted by Crippen LogP contribution is 2.30. The van der Waals surface area contributed by atoms with Gasteiger partial charge < -0.3 is 9.80 Å². The minimum atomic E-state index is -0.950. The van der Waals surface area contributed by atoms with Crippen molar-refractivity contribution < 1.29 is 0 Å². The lowest BCUT2D eigenvalue weighted by Crippen LogP contribution is -2.47. The van der Waals surface area contributed by atoms with Crippen LogP contribution in [0.4, 0.5) is 11.5 Å². The number of nitriles is 2. The van der Waals surface area contributed by atoms with Gasteiger partial charge in [-0.1, -0.05) is 35.9 Å². The Hall–Kier alpha value is -3.35. The molecule has 2 heterocycles. The number of fused-ring (bicyclic) bond motifs is 1. The molecule has 3 aromatic rings. The number of aromatic nitrogens is 2. The van der Waals surface area contributed by atoms with E-state index in [9.17, 15) is 10.5 Å². The third kappa shape index (κ3) is 3.31. The Morgan fingerprint density at radius 2 is 1.39 bits per heavy atom. The summed E-state index contributed by atoms with van der Waals surface area (Å²) < 4.78 is 0. The maximum absolute atomic E-state index is 9.41. The number of hydrogen-bond acceptors (Lipinski definition) is 6. The number of para-hydroxylation sites is 3. The fourth-order valence-corrected chi connectivity index (χ4v) is 3.70. The van der Waals surface area contributed by atoms with Crippen molar-refractivity contribution in [3.05, 3.63) is 59.2 Å². The van der Waals surface area contributed by atoms with Gasteiger partial charge in [0.1, 0.15) is 5.69 Å². The van der Waals surface area contributed by atoms with Gasteiger partial charge in [-0.3, -0.25) is 0 Å². The van der Waals surface area contributed by atoms with Crippen molar-refractivity contribution in [1.82, 2.24) is 9.97 Å². The van der Waals surface area contributed by atoms with Crippen LogP contribution in [0.15, 0.2) is 48.5 Å². The first-order valence-corrected chi connectivity index (χ1v) is 9.39. The van der Waals surface area contributed by atoms with E-state index in [-0.39, 0.29) is 0 Å². The molecule has 0 N–H and O–H groups in total. The molecule has 1 fully saturated rings. The highest BCUT2D eigenvalue weighted by atomic mass is 35.5. The smallest absolute Gasteiger partial charge is 0.178 e. The first-order chi connectivity index (χ1) is 13.7. The Labute approximate surface area is 168 Å². The molecule has 7 heteroatoms. The summed E-state index contributed by atoms with van der Waals surface area (Å²) in [6, 6.07) is 19.4. The molecule has 2 aromatic carbocycles. The number of halogens is 1. The van der Waals surface area contributed by atoms with E-state index in [0.29, 0.717) is 30.1 Å². The first kappa shape index (κ1) is 18.0. The van der Waals surface area contributed by atoms with Crippen LogP contribution >= 0.6 is 11.6 Å². The van der Waals surface area contributed by atoms with E-state index in [0.717, 1.165) is 29.3 Å². The van der Waals surface area contributed by atoms with Gasteiger partial charge >= 0.3 is 0 Å². The first-order valence-electron chi connectivity index (χ1n) is 9.01. The monoisotopic (exact) mass is 388 g/mol. The van der Waals surface area contributed by atoms with Crippen LogP contribution in [0, 0.1) is 22.7 Å². The number of nitrogens with zero attached hydrogens (tertiary/aromatic N) is 6. The zero-order chi connectivity index (χ0) is 19.5. The predicted molar refractivity (Wildman–Crippen MR) is 109 cm³/mol. The van der Waals surface area contributed by atoms with Gasteiger partial charge in [-0.2, -0.15) is 10.5 Å². The van der Waals surface area contributed by atoms with Crippen LogP contribution in [-0.4, -0.2) is 36.1 Å². The summed E-state index contributed by atoms with van der Waals surface area (Å²) in [7, 11) is 0. The average Bonchev–Trinajstić information content (AvgIpc) is 2.75. The van der Waals surface area contributed by atoms with Gasteiger partial charge in [0.15, 0.2) is 11.7 Å². The van der Waals surface area contributed by atoms with Gasteiger partial charge in [0, 0.05) is 26.2 Å². The molecule has 0 saturated carbocycles. The van der Waals surface area contributed by atoms with Gasteiger partial charge in [-0.25, -0.2) is 9.97 Å². The van der Waals surface area contributed by atoms with Gasteiger partial charge in [0.25, 0.3) is 0 Å². The van der Waals surface area contributed by atoms with Crippen molar-refractivity contribution in [2.45, 2.75) is 5.92 Å². The fourth-order valence-electron chi connectivity index (χ4n) is 3.45. The zero-order valence-electron chi connectivity index (χ0n) is 15.1. The summed E-state index contributed by atoms with van der Waals surface area (Å²) in [5.41, 5.74) is 2.88. The Kier molecular flexibility index (Phi) is 4.97. The van der Waals surface area contributed by atoms with E-state index >= 15 is 0 Å². The van der Waals surface area contributed by atoms with Crippen LogP contribution in [0.1, 0.15) is 11.6 Å². The second-order valence-corrected chi connectivity index (χ2v) is 6.95. The Morgan fingerprint density at radius 1 is 0.821 bits per heavy atom. The largest absolute Gasteiger partial charge is 0.367 e. The van der Waals surface area contributed by atoms with Crippen molar-refractivity contribution >= 4 is 34.1 Å². The maximum Gasteiger partial charge on any atom is 0.178 e. The molecule has 0 radical (unpaired) electrons. The molecule has 1 aliphatic rings. The molecule has 1 aromatic heterocycles. The molecule has 138 valence electrons. The molecule has 0 bridgehead atoms. The Bertz CT molecular complexity index is 1080. The third-order valence-corrected chi connectivity index (χ3v) is 5.20. The molecule has 0 unspecified atom stereocenters.